The van der Waals surface area contributed by atoms with Crippen molar-refractivity contribution in [2.45, 2.75) is 32.7 Å². The largest absolute Gasteiger partial charge is 0.311 e. The summed E-state index contributed by atoms with van der Waals surface area (Å²) >= 11 is 0. The molecule has 0 N–H and O–H groups in total. The van der Waals surface area contributed by atoms with Crippen LogP contribution in [0.25, 0.3) is 54.6 Å². The number of anilines is 6. The van der Waals surface area contributed by atoms with Gasteiger partial charge in [-0.15, -0.1) is 0 Å². The van der Waals surface area contributed by atoms with Crippen LogP contribution in [-0.2, 0) is 0 Å². The fourth-order valence-electron chi connectivity index (χ4n) is 10.1. The van der Waals surface area contributed by atoms with Crippen LogP contribution >= 0.6 is 0 Å². The number of fused-ring (bicyclic) bond motifs is 6. The molecule has 0 unspecified atom stereocenters. The van der Waals surface area contributed by atoms with Crippen LogP contribution in [0.15, 0.2) is 212 Å². The molecule has 10 aromatic rings. The lowest BCUT2D eigenvalue weighted by atomic mass is 9.87. The molecule has 304 valence electrons. The number of hydrogen-bond acceptors (Lipinski definition) is 2. The van der Waals surface area contributed by atoms with Gasteiger partial charge in [-0.2, -0.15) is 0 Å². The van der Waals surface area contributed by atoms with Gasteiger partial charge in [0.15, 0.2) is 0 Å². The first-order valence-corrected chi connectivity index (χ1v) is 28.7. The van der Waals surface area contributed by atoms with Crippen LogP contribution in [-0.4, -0.2) is 16.1 Å². The fourth-order valence-corrected chi connectivity index (χ4v) is 14.4. The van der Waals surface area contributed by atoms with Crippen molar-refractivity contribution in [3.05, 3.63) is 212 Å². The average molecular weight is 843 g/mol. The number of nitrogens with zero attached hydrogens (tertiary/aromatic N) is 2. The molecule has 1 heterocycles. The lowest BCUT2D eigenvalue weighted by Gasteiger charge is -2.36. The quantitative estimate of drug-likeness (QED) is 0.111. The van der Waals surface area contributed by atoms with Crippen LogP contribution in [0.3, 0.4) is 0 Å². The minimum atomic E-state index is -2.19. The summed E-state index contributed by atoms with van der Waals surface area (Å²) in [7, 11) is -3.64. The Bertz CT molecular complexity index is 3280. The van der Waals surface area contributed by atoms with Gasteiger partial charge >= 0.3 is 0 Å². The molecular formula is C59H50N2Si2. The van der Waals surface area contributed by atoms with E-state index in [2.05, 4.69) is 255 Å². The molecule has 1 aliphatic heterocycles. The maximum atomic E-state index is 2.55. The van der Waals surface area contributed by atoms with Gasteiger partial charge in [0, 0.05) is 34.1 Å². The average Bonchev–Trinajstić information content (AvgIpc) is 3.32. The summed E-state index contributed by atoms with van der Waals surface area (Å²) in [5.41, 5.74) is 12.1. The number of para-hydroxylation sites is 3. The normalized spacial score (nSPS) is 13.0. The van der Waals surface area contributed by atoms with Crippen LogP contribution in [0, 0.1) is 0 Å². The maximum Gasteiger partial charge on any atom is 0.113 e. The zero-order chi connectivity index (χ0) is 42.9. The zero-order valence-electron chi connectivity index (χ0n) is 36.6. The second-order valence-electron chi connectivity index (χ2n) is 18.6. The molecule has 2 nitrogen and oxygen atoms in total. The molecule has 11 rings (SSSR count). The first kappa shape index (κ1) is 38.9. The minimum Gasteiger partial charge on any atom is -0.311 e. The Kier molecular flexibility index (Phi) is 9.34. The molecule has 0 spiro atoms. The Labute approximate surface area is 373 Å². The third-order valence-corrected chi connectivity index (χ3v) is 19.0. The summed E-state index contributed by atoms with van der Waals surface area (Å²) < 4.78 is 0. The molecule has 63 heavy (non-hydrogen) atoms. The van der Waals surface area contributed by atoms with E-state index in [-0.39, 0.29) is 0 Å². The lowest BCUT2D eigenvalue weighted by molar-refractivity contribution is 1.28. The van der Waals surface area contributed by atoms with E-state index in [4.69, 9.17) is 0 Å². The van der Waals surface area contributed by atoms with E-state index in [1.807, 2.05) is 0 Å². The van der Waals surface area contributed by atoms with Crippen molar-refractivity contribution in [3.8, 4) is 22.3 Å². The highest BCUT2D eigenvalue weighted by molar-refractivity contribution is 7.03. The van der Waals surface area contributed by atoms with Crippen molar-refractivity contribution in [1.82, 2.24) is 0 Å². The Morgan fingerprint density at radius 1 is 0.333 bits per heavy atom. The zero-order valence-corrected chi connectivity index (χ0v) is 38.6. The minimum absolute atomic E-state index is 1.13. The predicted octanol–water partition coefficient (Wildman–Crippen LogP) is 15.1. The fraction of sp³-hybridized carbons (Fsp3) is 0.0847. The Balaban J connectivity index is 1.07. The van der Waals surface area contributed by atoms with Crippen molar-refractivity contribution in [2.75, 3.05) is 9.80 Å². The van der Waals surface area contributed by atoms with Gasteiger partial charge in [0.1, 0.15) is 8.07 Å². The van der Waals surface area contributed by atoms with Crippen LogP contribution in [0.2, 0.25) is 32.7 Å². The van der Waals surface area contributed by atoms with E-state index in [9.17, 15) is 0 Å². The summed E-state index contributed by atoms with van der Waals surface area (Å²) in [6, 6.07) is 79.0. The molecule has 0 bridgehead atoms. The van der Waals surface area contributed by atoms with E-state index >= 15 is 0 Å². The third kappa shape index (κ3) is 6.60. The molecule has 10 aromatic carbocycles. The molecule has 0 atom stereocenters. The van der Waals surface area contributed by atoms with Gasteiger partial charge in [-0.25, -0.2) is 0 Å². The van der Waals surface area contributed by atoms with E-state index in [0.717, 1.165) is 17.1 Å². The van der Waals surface area contributed by atoms with Crippen molar-refractivity contribution in [1.29, 1.82) is 0 Å². The van der Waals surface area contributed by atoms with Crippen LogP contribution < -0.4 is 25.4 Å². The first-order valence-electron chi connectivity index (χ1n) is 22.2. The molecule has 1 aliphatic rings. The Morgan fingerprint density at radius 3 is 1.38 bits per heavy atom. The molecule has 0 aliphatic carbocycles. The lowest BCUT2D eigenvalue weighted by Crippen LogP contribution is -2.56. The predicted molar refractivity (Wildman–Crippen MR) is 279 cm³/mol. The molecule has 0 saturated heterocycles. The maximum absolute atomic E-state index is 2.55. The van der Waals surface area contributed by atoms with Crippen LogP contribution in [0.5, 0.6) is 0 Å². The Hall–Kier alpha value is -6.99. The molecule has 0 aromatic heterocycles. The van der Waals surface area contributed by atoms with Crippen molar-refractivity contribution in [3.63, 3.8) is 0 Å². The van der Waals surface area contributed by atoms with Gasteiger partial charge < -0.3 is 9.80 Å². The van der Waals surface area contributed by atoms with E-state index in [0.29, 0.717) is 0 Å². The highest BCUT2D eigenvalue weighted by Gasteiger charge is 2.37. The number of benzene rings is 10. The van der Waals surface area contributed by atoms with Gasteiger partial charge in [-0.1, -0.05) is 165 Å². The summed E-state index contributed by atoms with van der Waals surface area (Å²) in [5, 5.41) is 12.4. The van der Waals surface area contributed by atoms with E-state index in [1.165, 1.54) is 87.2 Å². The molecule has 0 fully saturated rings. The molecule has 0 saturated carbocycles. The first-order chi connectivity index (χ1) is 30.6. The smallest absolute Gasteiger partial charge is 0.113 e. The summed E-state index contributed by atoms with van der Waals surface area (Å²) in [5.74, 6) is 0. The summed E-state index contributed by atoms with van der Waals surface area (Å²) in [6.07, 6.45) is 0. The summed E-state index contributed by atoms with van der Waals surface area (Å²) in [4.78, 5) is 4.77. The van der Waals surface area contributed by atoms with Crippen molar-refractivity contribution in [2.24, 2.45) is 0 Å². The van der Waals surface area contributed by atoms with Crippen LogP contribution in [0.4, 0.5) is 34.1 Å². The molecule has 4 heteroatoms. The second-order valence-corrected chi connectivity index (χ2v) is 28.0. The van der Waals surface area contributed by atoms with E-state index in [1.54, 1.807) is 0 Å². The van der Waals surface area contributed by atoms with Crippen molar-refractivity contribution < 1.29 is 0 Å². The summed E-state index contributed by atoms with van der Waals surface area (Å²) in [6.45, 7) is 12.4. The molecule has 0 amide bonds. The molecule has 0 radical (unpaired) electrons. The highest BCUT2D eigenvalue weighted by Crippen LogP contribution is 2.45. The van der Waals surface area contributed by atoms with Gasteiger partial charge in [0.05, 0.1) is 8.07 Å². The SMILES string of the molecule is C[Si](C)(C)c1ccc(N(c2ccccc2)c2ccc3c(c2)[Si](C)(C)c2cccc4c2c-3cc2c3ccccc3c(-c3ccc(N(c5ccccc5)c5ccccc5)cc3)cc42)cc1. The number of hydrogen-bond donors (Lipinski definition) is 0. The number of rotatable bonds is 8. The van der Waals surface area contributed by atoms with Gasteiger partial charge in [0.2, 0.25) is 0 Å². The highest BCUT2D eigenvalue weighted by atomic mass is 28.3. The van der Waals surface area contributed by atoms with Crippen molar-refractivity contribution >= 4 is 98.1 Å². The standard InChI is InChI=1S/C59H50N2Si2/c1-62(2,3)48-35-32-46(33-36-48)61(44-22-13-8-14-23-44)47-34-37-51-56-40-54-50-25-16-15-24-49(50)53(39-55(54)52-26-17-27-57(59(52)56)63(4,5)58(51)38-47)41-28-30-45(31-29-41)60(42-18-9-6-10-19-42)43-20-11-7-12-21-43/h6-40H,1-5H3. The molecular weight excluding hydrogens is 793 g/mol. The topological polar surface area (TPSA) is 6.48 Å². The van der Waals surface area contributed by atoms with Gasteiger partial charge in [0.25, 0.3) is 0 Å². The second kappa shape index (κ2) is 15.1. The Morgan fingerprint density at radius 2 is 0.794 bits per heavy atom. The van der Waals surface area contributed by atoms with E-state index < -0.39 is 16.1 Å². The van der Waals surface area contributed by atoms with Gasteiger partial charge in [-0.3, -0.25) is 0 Å². The van der Waals surface area contributed by atoms with Crippen LogP contribution in [0.1, 0.15) is 0 Å². The van der Waals surface area contributed by atoms with Gasteiger partial charge in [-0.05, 0) is 150 Å². The third-order valence-electron chi connectivity index (χ3n) is 13.4. The monoisotopic (exact) mass is 842 g/mol.